The van der Waals surface area contributed by atoms with E-state index in [4.69, 9.17) is 11.6 Å². The van der Waals surface area contributed by atoms with Crippen LogP contribution < -0.4 is 5.32 Å². The van der Waals surface area contributed by atoms with Gasteiger partial charge < -0.3 is 4.90 Å². The third-order valence-corrected chi connectivity index (χ3v) is 4.79. The number of benzene rings is 1. The fraction of sp³-hybridized carbons (Fsp3) is 0.467. The summed E-state index contributed by atoms with van der Waals surface area (Å²) in [6.45, 7) is 1.66. The van der Waals surface area contributed by atoms with E-state index in [-0.39, 0.29) is 23.1 Å². The van der Waals surface area contributed by atoms with Gasteiger partial charge in [0.15, 0.2) is 0 Å². The number of imide groups is 1. The van der Waals surface area contributed by atoms with Gasteiger partial charge in [-0.2, -0.15) is 0 Å². The number of nitrogens with one attached hydrogen (secondary N) is 1. The molecular weight excluding hydrogens is 276 g/mol. The van der Waals surface area contributed by atoms with Crippen LogP contribution in [0, 0.1) is 5.41 Å². The monoisotopic (exact) mass is 292 g/mol. The molecule has 1 aromatic rings. The van der Waals surface area contributed by atoms with Crippen LogP contribution in [0.15, 0.2) is 24.3 Å². The minimum atomic E-state index is -0.348. The molecule has 106 valence electrons. The summed E-state index contributed by atoms with van der Waals surface area (Å²) in [6.07, 6.45) is 1.23. The van der Waals surface area contributed by atoms with Gasteiger partial charge >= 0.3 is 0 Å². The minimum absolute atomic E-state index is 0.173. The van der Waals surface area contributed by atoms with Gasteiger partial charge in [-0.25, -0.2) is 0 Å². The summed E-state index contributed by atoms with van der Waals surface area (Å²) in [6, 6.07) is 7.43. The van der Waals surface area contributed by atoms with Gasteiger partial charge in [0, 0.05) is 23.4 Å². The molecule has 2 aliphatic rings. The largest absolute Gasteiger partial charge is 0.306 e. The van der Waals surface area contributed by atoms with Crippen molar-refractivity contribution < 1.29 is 9.59 Å². The maximum atomic E-state index is 12.4. The number of amides is 2. The van der Waals surface area contributed by atoms with E-state index in [9.17, 15) is 9.59 Å². The number of carbonyl (C=O) groups is 2. The predicted molar refractivity (Wildman–Crippen MR) is 76.5 cm³/mol. The Hall–Kier alpha value is -1.39. The first kappa shape index (κ1) is 13.6. The molecule has 2 amide bonds. The van der Waals surface area contributed by atoms with E-state index in [0.717, 1.165) is 25.1 Å². The van der Waals surface area contributed by atoms with Crippen molar-refractivity contribution in [3.63, 3.8) is 0 Å². The van der Waals surface area contributed by atoms with E-state index in [1.54, 1.807) is 6.07 Å². The van der Waals surface area contributed by atoms with Crippen molar-refractivity contribution in [2.24, 2.45) is 5.41 Å². The highest BCUT2D eigenvalue weighted by Gasteiger charge is 2.52. The van der Waals surface area contributed by atoms with Crippen LogP contribution in [0.5, 0.6) is 0 Å². The SMILES string of the molecule is CN1CCC2(CC(=O)NC(=O)C2c2ccccc2Cl)C1. The zero-order chi connectivity index (χ0) is 14.3. The summed E-state index contributed by atoms with van der Waals surface area (Å²) in [5, 5.41) is 3.06. The molecular formula is C15H17ClN2O2. The Bertz CT molecular complexity index is 575. The lowest BCUT2D eigenvalue weighted by atomic mass is 9.66. The van der Waals surface area contributed by atoms with Gasteiger partial charge in [-0.1, -0.05) is 29.8 Å². The Kier molecular flexibility index (Phi) is 3.30. The zero-order valence-electron chi connectivity index (χ0n) is 11.4. The molecule has 2 fully saturated rings. The summed E-state index contributed by atoms with van der Waals surface area (Å²) in [5.74, 6) is -0.739. The second-order valence-corrected chi connectivity index (χ2v) is 6.30. The topological polar surface area (TPSA) is 49.4 Å². The first-order valence-corrected chi connectivity index (χ1v) is 7.16. The number of hydrogen-bond acceptors (Lipinski definition) is 3. The van der Waals surface area contributed by atoms with Crippen molar-refractivity contribution in [2.45, 2.75) is 18.8 Å². The first-order valence-electron chi connectivity index (χ1n) is 6.78. The van der Waals surface area contributed by atoms with Gasteiger partial charge in [-0.3, -0.25) is 14.9 Å². The van der Waals surface area contributed by atoms with Crippen molar-refractivity contribution in [1.82, 2.24) is 10.2 Å². The van der Waals surface area contributed by atoms with E-state index >= 15 is 0 Å². The Morgan fingerprint density at radius 1 is 1.35 bits per heavy atom. The van der Waals surface area contributed by atoms with E-state index in [2.05, 4.69) is 10.2 Å². The van der Waals surface area contributed by atoms with Crippen LogP contribution in [-0.4, -0.2) is 36.9 Å². The van der Waals surface area contributed by atoms with E-state index < -0.39 is 0 Å². The Balaban J connectivity index is 2.07. The number of likely N-dealkylation sites (tertiary alicyclic amines) is 1. The smallest absolute Gasteiger partial charge is 0.234 e. The van der Waals surface area contributed by atoms with Crippen LogP contribution in [0.4, 0.5) is 0 Å². The van der Waals surface area contributed by atoms with Crippen LogP contribution in [0.2, 0.25) is 5.02 Å². The van der Waals surface area contributed by atoms with Gasteiger partial charge in [0.05, 0.1) is 5.92 Å². The summed E-state index contributed by atoms with van der Waals surface area (Å²) in [5.41, 5.74) is 0.508. The molecule has 4 nitrogen and oxygen atoms in total. The molecule has 0 bridgehead atoms. The van der Waals surface area contributed by atoms with Crippen LogP contribution >= 0.6 is 11.6 Å². The van der Waals surface area contributed by atoms with Crippen LogP contribution in [0.3, 0.4) is 0 Å². The number of piperidine rings is 1. The van der Waals surface area contributed by atoms with Crippen LogP contribution in [-0.2, 0) is 9.59 Å². The number of carbonyl (C=O) groups excluding carboxylic acids is 2. The lowest BCUT2D eigenvalue weighted by Crippen LogP contribution is -2.51. The third kappa shape index (κ3) is 2.13. The van der Waals surface area contributed by atoms with Crippen LogP contribution in [0.25, 0.3) is 0 Å². The molecule has 20 heavy (non-hydrogen) atoms. The second-order valence-electron chi connectivity index (χ2n) is 5.89. The van der Waals surface area contributed by atoms with Gasteiger partial charge in [0.2, 0.25) is 11.8 Å². The molecule has 2 saturated heterocycles. The van der Waals surface area contributed by atoms with E-state index in [1.165, 1.54) is 0 Å². The summed E-state index contributed by atoms with van der Waals surface area (Å²) in [4.78, 5) is 26.4. The summed E-state index contributed by atoms with van der Waals surface area (Å²) < 4.78 is 0. The molecule has 1 aromatic carbocycles. The van der Waals surface area contributed by atoms with Gasteiger partial charge in [-0.15, -0.1) is 0 Å². The highest BCUT2D eigenvalue weighted by atomic mass is 35.5. The number of hydrogen-bond donors (Lipinski definition) is 1. The molecule has 0 radical (unpaired) electrons. The van der Waals surface area contributed by atoms with Gasteiger partial charge in [0.1, 0.15) is 0 Å². The molecule has 0 aromatic heterocycles. The number of nitrogens with zero attached hydrogens (tertiary/aromatic N) is 1. The Labute approximate surface area is 123 Å². The van der Waals surface area contributed by atoms with E-state index in [1.807, 2.05) is 25.2 Å². The predicted octanol–water partition coefficient (Wildman–Crippen LogP) is 1.79. The molecule has 1 spiro atoms. The fourth-order valence-electron chi connectivity index (χ4n) is 3.62. The summed E-state index contributed by atoms with van der Waals surface area (Å²) in [7, 11) is 2.02. The highest BCUT2D eigenvalue weighted by molar-refractivity contribution is 6.31. The Morgan fingerprint density at radius 2 is 2.10 bits per heavy atom. The van der Waals surface area contributed by atoms with E-state index in [0.29, 0.717) is 11.4 Å². The van der Waals surface area contributed by atoms with Crippen molar-refractivity contribution in [3.05, 3.63) is 34.9 Å². The second kappa shape index (κ2) is 4.86. The molecule has 2 atom stereocenters. The summed E-state index contributed by atoms with van der Waals surface area (Å²) >= 11 is 6.28. The minimum Gasteiger partial charge on any atom is -0.306 e. The molecule has 1 N–H and O–H groups in total. The lowest BCUT2D eigenvalue weighted by Gasteiger charge is -2.40. The first-order chi connectivity index (χ1) is 9.52. The Morgan fingerprint density at radius 3 is 2.75 bits per heavy atom. The molecule has 0 aliphatic carbocycles. The zero-order valence-corrected chi connectivity index (χ0v) is 12.1. The third-order valence-electron chi connectivity index (χ3n) is 4.44. The molecule has 0 saturated carbocycles. The number of halogens is 1. The molecule has 2 aliphatic heterocycles. The standard InChI is InChI=1S/C15H17ClN2O2/c1-18-7-6-15(9-18)8-12(19)17-14(20)13(15)10-4-2-3-5-11(10)16/h2-5,13H,6-9H2,1H3,(H,17,19,20). The maximum absolute atomic E-state index is 12.4. The van der Waals surface area contributed by atoms with Crippen molar-refractivity contribution in [3.8, 4) is 0 Å². The van der Waals surface area contributed by atoms with Crippen molar-refractivity contribution in [1.29, 1.82) is 0 Å². The molecule has 5 heteroatoms. The van der Waals surface area contributed by atoms with Crippen molar-refractivity contribution >= 4 is 23.4 Å². The quantitative estimate of drug-likeness (QED) is 0.803. The van der Waals surface area contributed by atoms with Gasteiger partial charge in [0.25, 0.3) is 0 Å². The van der Waals surface area contributed by atoms with Gasteiger partial charge in [-0.05, 0) is 31.6 Å². The highest BCUT2D eigenvalue weighted by Crippen LogP contribution is 2.49. The average molecular weight is 293 g/mol. The average Bonchev–Trinajstić information content (AvgIpc) is 2.72. The normalized spacial score (nSPS) is 30.8. The maximum Gasteiger partial charge on any atom is 0.234 e. The number of rotatable bonds is 1. The lowest BCUT2D eigenvalue weighted by molar-refractivity contribution is -0.139. The molecule has 3 rings (SSSR count). The van der Waals surface area contributed by atoms with Crippen LogP contribution in [0.1, 0.15) is 24.3 Å². The molecule has 2 heterocycles. The van der Waals surface area contributed by atoms with Crippen molar-refractivity contribution in [2.75, 3.05) is 20.1 Å². The molecule has 2 unspecified atom stereocenters. The fourth-order valence-corrected chi connectivity index (χ4v) is 3.87.